The predicted octanol–water partition coefficient (Wildman–Crippen LogP) is -1.35. The highest BCUT2D eigenvalue weighted by Crippen LogP contribution is 2.39. The van der Waals surface area contributed by atoms with Crippen LogP contribution in [0.15, 0.2) is 0 Å². The lowest BCUT2D eigenvalue weighted by molar-refractivity contribution is -0.142. The van der Waals surface area contributed by atoms with E-state index in [2.05, 4.69) is 16.0 Å². The average molecular weight is 412 g/mol. The molecule has 0 bridgehead atoms. The molecule has 10 nitrogen and oxygen atoms in total. The highest BCUT2D eigenvalue weighted by molar-refractivity contribution is 8.08. The molecule has 3 aliphatic heterocycles. The van der Waals surface area contributed by atoms with Gasteiger partial charge in [-0.05, 0) is 25.7 Å². The zero-order valence-electron chi connectivity index (χ0n) is 15.5. The Hall–Kier alpha value is -2.30. The zero-order chi connectivity index (χ0) is 20.5. The number of carbonyl (C=O) groups excluding carboxylic acids is 4. The number of piperidine rings is 1. The number of amides is 4. The lowest BCUT2D eigenvalue weighted by atomic mass is 9.82. The van der Waals surface area contributed by atoms with Crippen LogP contribution in [-0.2, 0) is 24.0 Å². The minimum absolute atomic E-state index is 0.00435. The topological polar surface area (TPSA) is 145 Å². The van der Waals surface area contributed by atoms with Crippen molar-refractivity contribution < 1.29 is 29.1 Å². The molecule has 4 atom stereocenters. The third-order valence-corrected chi connectivity index (χ3v) is 6.85. The van der Waals surface area contributed by atoms with Crippen molar-refractivity contribution in [2.45, 2.75) is 54.8 Å². The second-order valence-corrected chi connectivity index (χ2v) is 8.86. The maximum Gasteiger partial charge on any atom is 0.326 e. The Labute approximate surface area is 166 Å². The molecule has 0 aliphatic carbocycles. The summed E-state index contributed by atoms with van der Waals surface area (Å²) in [5.41, 5.74) is -0.411. The summed E-state index contributed by atoms with van der Waals surface area (Å²) in [5, 5.41) is 16.6. The molecule has 0 aromatic heterocycles. The van der Waals surface area contributed by atoms with Crippen LogP contribution in [0.3, 0.4) is 0 Å². The van der Waals surface area contributed by atoms with Gasteiger partial charge in [-0.15, -0.1) is 11.8 Å². The molecule has 11 heteroatoms. The molecule has 28 heavy (non-hydrogen) atoms. The summed E-state index contributed by atoms with van der Waals surface area (Å²) in [7, 11) is 0. The van der Waals surface area contributed by atoms with Crippen molar-refractivity contribution in [1.29, 1.82) is 0 Å². The Kier molecular flexibility index (Phi) is 5.82. The SMILES string of the molecule is CC(=O)N1CCC2(CC1)CC(CC(NC(=O)C1SC1NC=O)C(=O)O)C(=O)N2. The van der Waals surface area contributed by atoms with Crippen LogP contribution in [0.1, 0.15) is 32.6 Å². The number of aliphatic carboxylic acids is 1. The highest BCUT2D eigenvalue weighted by Gasteiger charge is 2.48. The number of carboxylic acid groups (broad SMARTS) is 1. The molecule has 1 spiro atoms. The Balaban J connectivity index is 1.56. The van der Waals surface area contributed by atoms with Gasteiger partial charge in [0.25, 0.3) is 0 Å². The summed E-state index contributed by atoms with van der Waals surface area (Å²) in [4.78, 5) is 59.8. The van der Waals surface area contributed by atoms with Crippen molar-refractivity contribution in [3.05, 3.63) is 0 Å². The van der Waals surface area contributed by atoms with Gasteiger partial charge in [-0.25, -0.2) is 4.79 Å². The molecule has 0 radical (unpaired) electrons. The first-order valence-electron chi connectivity index (χ1n) is 9.20. The van der Waals surface area contributed by atoms with Crippen LogP contribution in [0.25, 0.3) is 0 Å². The molecular weight excluding hydrogens is 388 g/mol. The first-order chi connectivity index (χ1) is 13.2. The van der Waals surface area contributed by atoms with Gasteiger partial charge in [0.2, 0.25) is 24.1 Å². The lowest BCUT2D eigenvalue weighted by Gasteiger charge is -2.39. The fourth-order valence-corrected chi connectivity index (χ4v) is 4.77. The third kappa shape index (κ3) is 4.40. The molecule has 3 heterocycles. The fourth-order valence-electron chi connectivity index (χ4n) is 4.01. The molecule has 3 saturated heterocycles. The van der Waals surface area contributed by atoms with Gasteiger partial charge in [0.05, 0.1) is 5.37 Å². The molecule has 4 N–H and O–H groups in total. The molecule has 0 aromatic carbocycles. The largest absolute Gasteiger partial charge is 0.480 e. The van der Waals surface area contributed by atoms with Crippen LogP contribution in [0, 0.1) is 5.92 Å². The van der Waals surface area contributed by atoms with Crippen LogP contribution in [-0.4, -0.2) is 75.4 Å². The molecule has 3 fully saturated rings. The maximum atomic E-state index is 12.4. The number of hydrogen-bond acceptors (Lipinski definition) is 6. The van der Waals surface area contributed by atoms with Gasteiger partial charge in [-0.1, -0.05) is 0 Å². The number of carbonyl (C=O) groups is 5. The van der Waals surface area contributed by atoms with Crippen LogP contribution >= 0.6 is 11.8 Å². The molecule has 0 saturated carbocycles. The number of hydrogen-bond donors (Lipinski definition) is 4. The average Bonchev–Trinajstić information content (AvgIpc) is 3.33. The smallest absolute Gasteiger partial charge is 0.326 e. The van der Waals surface area contributed by atoms with E-state index in [0.29, 0.717) is 38.8 Å². The zero-order valence-corrected chi connectivity index (χ0v) is 16.3. The van der Waals surface area contributed by atoms with Crippen molar-refractivity contribution in [2.75, 3.05) is 13.1 Å². The highest BCUT2D eigenvalue weighted by atomic mass is 32.2. The second kappa shape index (κ2) is 7.98. The van der Waals surface area contributed by atoms with Crippen LogP contribution in [0.5, 0.6) is 0 Å². The normalized spacial score (nSPS) is 29.0. The molecule has 154 valence electrons. The van der Waals surface area contributed by atoms with Gasteiger partial charge in [0.1, 0.15) is 11.3 Å². The van der Waals surface area contributed by atoms with Crippen LogP contribution in [0.2, 0.25) is 0 Å². The van der Waals surface area contributed by atoms with Crippen LogP contribution < -0.4 is 16.0 Å². The lowest BCUT2D eigenvalue weighted by Crippen LogP contribution is -2.51. The van der Waals surface area contributed by atoms with Gasteiger partial charge in [-0.3, -0.25) is 19.2 Å². The van der Waals surface area contributed by atoms with E-state index in [-0.39, 0.29) is 23.6 Å². The van der Waals surface area contributed by atoms with E-state index in [9.17, 15) is 29.1 Å². The summed E-state index contributed by atoms with van der Waals surface area (Å²) in [6.07, 6.45) is 2.27. The molecule has 4 amide bonds. The summed E-state index contributed by atoms with van der Waals surface area (Å²) in [6.45, 7) is 2.64. The monoisotopic (exact) mass is 412 g/mol. The van der Waals surface area contributed by atoms with Crippen molar-refractivity contribution in [2.24, 2.45) is 5.92 Å². The molecule has 0 aromatic rings. The number of likely N-dealkylation sites (tertiary alicyclic amines) is 1. The van der Waals surface area contributed by atoms with Gasteiger partial charge >= 0.3 is 5.97 Å². The quantitative estimate of drug-likeness (QED) is 0.299. The summed E-state index contributed by atoms with van der Waals surface area (Å²) >= 11 is 1.23. The van der Waals surface area contributed by atoms with Crippen molar-refractivity contribution >= 4 is 41.9 Å². The molecule has 4 unspecified atom stereocenters. The summed E-state index contributed by atoms with van der Waals surface area (Å²) in [5.74, 6) is -2.37. The van der Waals surface area contributed by atoms with Crippen molar-refractivity contribution in [3.63, 3.8) is 0 Å². The van der Waals surface area contributed by atoms with E-state index < -0.39 is 34.6 Å². The number of rotatable bonds is 7. The summed E-state index contributed by atoms with van der Waals surface area (Å²) in [6, 6.07) is -1.17. The van der Waals surface area contributed by atoms with Gasteiger partial charge < -0.3 is 26.0 Å². The van der Waals surface area contributed by atoms with E-state index in [1.54, 1.807) is 4.90 Å². The number of carboxylic acids is 1. The third-order valence-electron chi connectivity index (χ3n) is 5.68. The van der Waals surface area contributed by atoms with Crippen LogP contribution in [0.4, 0.5) is 0 Å². The summed E-state index contributed by atoms with van der Waals surface area (Å²) < 4.78 is 0. The Morgan fingerprint density at radius 1 is 1.39 bits per heavy atom. The molecule has 3 aliphatic rings. The van der Waals surface area contributed by atoms with E-state index >= 15 is 0 Å². The Morgan fingerprint density at radius 3 is 2.64 bits per heavy atom. The van der Waals surface area contributed by atoms with Gasteiger partial charge in [0.15, 0.2) is 0 Å². The minimum atomic E-state index is -1.20. The van der Waals surface area contributed by atoms with Gasteiger partial charge in [-0.2, -0.15) is 0 Å². The minimum Gasteiger partial charge on any atom is -0.480 e. The van der Waals surface area contributed by atoms with Crippen molar-refractivity contribution in [1.82, 2.24) is 20.9 Å². The molecule has 3 rings (SSSR count). The maximum absolute atomic E-state index is 12.4. The standard InChI is InChI=1S/C17H24N4O6S/c1-9(23)21-4-2-17(3-5-21)7-10(13(24)20-17)6-11(16(26)27)19-14(25)12-15(28-12)18-8-22/h8,10-12,15H,2-7H2,1H3,(H,18,22)(H,19,25)(H,20,24)(H,26,27). The predicted molar refractivity (Wildman–Crippen MR) is 99.0 cm³/mol. The Bertz CT molecular complexity index is 693. The van der Waals surface area contributed by atoms with E-state index in [4.69, 9.17) is 0 Å². The fraction of sp³-hybridized carbons (Fsp3) is 0.706. The number of nitrogens with zero attached hydrogens (tertiary/aromatic N) is 1. The second-order valence-electron chi connectivity index (χ2n) is 7.57. The van der Waals surface area contributed by atoms with E-state index in [1.807, 2.05) is 0 Å². The first-order valence-corrected chi connectivity index (χ1v) is 10.1. The number of nitrogens with one attached hydrogen (secondary N) is 3. The number of thioether (sulfide) groups is 1. The first kappa shape index (κ1) is 20.4. The molecular formula is C17H24N4O6S. The van der Waals surface area contributed by atoms with Crippen molar-refractivity contribution in [3.8, 4) is 0 Å². The Morgan fingerprint density at radius 2 is 2.07 bits per heavy atom. The van der Waals surface area contributed by atoms with E-state index in [1.165, 1.54) is 18.7 Å². The van der Waals surface area contributed by atoms with Gasteiger partial charge in [0, 0.05) is 31.5 Å². The van der Waals surface area contributed by atoms with E-state index in [0.717, 1.165) is 0 Å².